The molecule has 0 spiro atoms. The lowest BCUT2D eigenvalue weighted by Crippen LogP contribution is -2.33. The molecule has 2 aromatic rings. The van der Waals surface area contributed by atoms with Crippen molar-refractivity contribution in [3.8, 4) is 0 Å². The van der Waals surface area contributed by atoms with Crippen LogP contribution in [-0.2, 0) is 0 Å². The molecule has 1 aliphatic rings. The van der Waals surface area contributed by atoms with Gasteiger partial charge in [0.05, 0.1) is 23.0 Å². The molecule has 1 atom stereocenters. The van der Waals surface area contributed by atoms with Crippen LogP contribution in [0.25, 0.3) is 0 Å². The highest BCUT2D eigenvalue weighted by Gasteiger charge is 2.33. The first kappa shape index (κ1) is 14.8. The Hall–Kier alpha value is -2.17. The van der Waals surface area contributed by atoms with Crippen LogP contribution in [0.5, 0.6) is 0 Å². The summed E-state index contributed by atoms with van der Waals surface area (Å²) in [5, 5.41) is 10.4. The molecule has 2 heterocycles. The molecule has 22 heavy (non-hydrogen) atoms. The van der Waals surface area contributed by atoms with Crippen molar-refractivity contribution in [1.82, 2.24) is 20.5 Å². The number of amides is 1. The van der Waals surface area contributed by atoms with Gasteiger partial charge in [0.2, 0.25) is 0 Å². The number of rotatable bonds is 5. The van der Waals surface area contributed by atoms with E-state index < -0.39 is 0 Å². The van der Waals surface area contributed by atoms with Gasteiger partial charge in [0.25, 0.3) is 5.91 Å². The predicted molar refractivity (Wildman–Crippen MR) is 84.6 cm³/mol. The van der Waals surface area contributed by atoms with Crippen LogP contribution in [0, 0.1) is 12.8 Å². The van der Waals surface area contributed by atoms with Crippen molar-refractivity contribution in [2.45, 2.75) is 45.6 Å². The number of nitrogens with zero attached hydrogens (tertiary/aromatic N) is 2. The molecule has 0 unspecified atom stereocenters. The summed E-state index contributed by atoms with van der Waals surface area (Å²) in [6, 6.07) is 5.68. The van der Waals surface area contributed by atoms with Crippen molar-refractivity contribution in [3.05, 3.63) is 47.0 Å². The number of carbonyl (C=O) groups is 1. The second-order valence-corrected chi connectivity index (χ2v) is 6.33. The maximum Gasteiger partial charge on any atom is 0.255 e. The SMILES string of the molecule is Cc1[nH]nc(C2CC2)c1C(=O)N[C@@H](c1ccccn1)C(C)C. The third kappa shape index (κ3) is 2.89. The number of aryl methyl sites for hydroxylation is 1. The van der Waals surface area contributed by atoms with Crippen molar-refractivity contribution in [2.24, 2.45) is 5.92 Å². The van der Waals surface area contributed by atoms with E-state index in [0.29, 0.717) is 11.5 Å². The molecule has 0 aromatic carbocycles. The number of aromatic amines is 1. The minimum absolute atomic E-state index is 0.0579. The Morgan fingerprint density at radius 2 is 2.14 bits per heavy atom. The number of aromatic nitrogens is 3. The molecule has 0 saturated heterocycles. The van der Waals surface area contributed by atoms with E-state index in [2.05, 4.69) is 34.3 Å². The Balaban J connectivity index is 1.84. The van der Waals surface area contributed by atoms with Gasteiger partial charge in [0.1, 0.15) is 0 Å². The molecule has 1 fully saturated rings. The standard InChI is InChI=1S/C17H22N4O/c1-10(2)15(13-6-4-5-9-18-13)19-17(22)14-11(3)20-21-16(14)12-7-8-12/h4-6,9-10,12,15H,7-8H2,1-3H3,(H,19,22)(H,20,21)/t15-/m1/s1. The highest BCUT2D eigenvalue weighted by atomic mass is 16.1. The smallest absolute Gasteiger partial charge is 0.255 e. The molecule has 0 bridgehead atoms. The van der Waals surface area contributed by atoms with E-state index >= 15 is 0 Å². The summed E-state index contributed by atoms with van der Waals surface area (Å²) < 4.78 is 0. The molecule has 5 heteroatoms. The summed E-state index contributed by atoms with van der Waals surface area (Å²) in [4.78, 5) is 17.2. The van der Waals surface area contributed by atoms with Crippen LogP contribution in [0.2, 0.25) is 0 Å². The summed E-state index contributed by atoms with van der Waals surface area (Å²) in [6.07, 6.45) is 4.01. The lowest BCUT2D eigenvalue weighted by atomic mass is 9.99. The van der Waals surface area contributed by atoms with Crippen LogP contribution >= 0.6 is 0 Å². The molecule has 1 saturated carbocycles. The van der Waals surface area contributed by atoms with Crippen LogP contribution in [0.4, 0.5) is 0 Å². The number of carbonyl (C=O) groups excluding carboxylic acids is 1. The second-order valence-electron chi connectivity index (χ2n) is 6.33. The lowest BCUT2D eigenvalue weighted by molar-refractivity contribution is 0.0923. The van der Waals surface area contributed by atoms with Crippen LogP contribution in [0.1, 0.15) is 66.1 Å². The van der Waals surface area contributed by atoms with Gasteiger partial charge in [-0.1, -0.05) is 19.9 Å². The predicted octanol–water partition coefficient (Wildman–Crippen LogP) is 3.12. The molecular formula is C17H22N4O. The van der Waals surface area contributed by atoms with Gasteiger partial charge in [0.15, 0.2) is 0 Å². The minimum atomic E-state index is -0.102. The lowest BCUT2D eigenvalue weighted by Gasteiger charge is -2.22. The van der Waals surface area contributed by atoms with E-state index in [9.17, 15) is 4.79 Å². The van der Waals surface area contributed by atoms with E-state index in [1.165, 1.54) is 0 Å². The molecule has 2 aromatic heterocycles. The molecule has 3 rings (SSSR count). The fraction of sp³-hybridized carbons (Fsp3) is 0.471. The van der Waals surface area contributed by atoms with Crippen LogP contribution in [0.15, 0.2) is 24.4 Å². The van der Waals surface area contributed by atoms with Gasteiger partial charge in [-0.15, -0.1) is 0 Å². The number of hydrogen-bond donors (Lipinski definition) is 2. The quantitative estimate of drug-likeness (QED) is 0.891. The van der Waals surface area contributed by atoms with E-state index in [4.69, 9.17) is 0 Å². The van der Waals surface area contributed by atoms with Crippen LogP contribution in [0.3, 0.4) is 0 Å². The fourth-order valence-electron chi connectivity index (χ4n) is 2.74. The largest absolute Gasteiger partial charge is 0.343 e. The zero-order valence-electron chi connectivity index (χ0n) is 13.3. The molecule has 1 amide bonds. The number of pyridine rings is 1. The zero-order chi connectivity index (χ0) is 15.7. The van der Waals surface area contributed by atoms with Gasteiger partial charge in [-0.3, -0.25) is 14.9 Å². The number of nitrogens with one attached hydrogen (secondary N) is 2. The first-order valence-electron chi connectivity index (χ1n) is 7.84. The van der Waals surface area contributed by atoms with Gasteiger partial charge < -0.3 is 5.32 Å². The first-order chi connectivity index (χ1) is 10.6. The summed E-state index contributed by atoms with van der Waals surface area (Å²) in [7, 11) is 0. The summed E-state index contributed by atoms with van der Waals surface area (Å²) >= 11 is 0. The van der Waals surface area contributed by atoms with E-state index in [-0.39, 0.29) is 17.9 Å². The van der Waals surface area contributed by atoms with E-state index in [1.54, 1.807) is 6.20 Å². The van der Waals surface area contributed by atoms with Gasteiger partial charge in [-0.2, -0.15) is 5.10 Å². The molecule has 116 valence electrons. The Morgan fingerprint density at radius 3 is 2.73 bits per heavy atom. The second kappa shape index (κ2) is 5.91. The highest BCUT2D eigenvalue weighted by molar-refractivity contribution is 5.97. The van der Waals surface area contributed by atoms with Crippen molar-refractivity contribution >= 4 is 5.91 Å². The average molecular weight is 298 g/mol. The number of hydrogen-bond acceptors (Lipinski definition) is 3. The molecular weight excluding hydrogens is 276 g/mol. The van der Waals surface area contributed by atoms with Crippen molar-refractivity contribution in [3.63, 3.8) is 0 Å². The van der Waals surface area contributed by atoms with Crippen LogP contribution < -0.4 is 5.32 Å². The summed E-state index contributed by atoms with van der Waals surface area (Å²) in [6.45, 7) is 6.08. The van der Waals surface area contributed by atoms with Crippen molar-refractivity contribution < 1.29 is 4.79 Å². The molecule has 0 aliphatic heterocycles. The maximum absolute atomic E-state index is 12.8. The van der Waals surface area contributed by atoms with Gasteiger partial charge in [-0.25, -0.2) is 0 Å². The Bertz CT molecular complexity index is 659. The zero-order valence-corrected chi connectivity index (χ0v) is 13.3. The Kier molecular flexibility index (Phi) is 3.96. The summed E-state index contributed by atoms with van der Waals surface area (Å²) in [5.41, 5.74) is 3.35. The molecule has 0 radical (unpaired) electrons. The van der Waals surface area contributed by atoms with E-state index in [0.717, 1.165) is 29.9 Å². The molecule has 2 N–H and O–H groups in total. The first-order valence-corrected chi connectivity index (χ1v) is 7.84. The average Bonchev–Trinajstić information content (AvgIpc) is 3.28. The monoisotopic (exact) mass is 298 g/mol. The highest BCUT2D eigenvalue weighted by Crippen LogP contribution is 2.41. The number of H-pyrrole nitrogens is 1. The van der Waals surface area contributed by atoms with Crippen molar-refractivity contribution in [1.29, 1.82) is 0 Å². The maximum atomic E-state index is 12.8. The van der Waals surface area contributed by atoms with Gasteiger partial charge >= 0.3 is 0 Å². The van der Waals surface area contributed by atoms with E-state index in [1.807, 2.05) is 25.1 Å². The minimum Gasteiger partial charge on any atom is -0.343 e. The Morgan fingerprint density at radius 1 is 1.36 bits per heavy atom. The fourth-order valence-corrected chi connectivity index (χ4v) is 2.74. The Labute approximate surface area is 130 Å². The van der Waals surface area contributed by atoms with Gasteiger partial charge in [0, 0.05) is 17.8 Å². The van der Waals surface area contributed by atoms with Gasteiger partial charge in [-0.05, 0) is 37.8 Å². The summed E-state index contributed by atoms with van der Waals surface area (Å²) in [5.74, 6) is 0.644. The normalized spacial score (nSPS) is 15.8. The van der Waals surface area contributed by atoms with Crippen molar-refractivity contribution in [2.75, 3.05) is 0 Å². The topological polar surface area (TPSA) is 70.7 Å². The van der Waals surface area contributed by atoms with Crippen LogP contribution in [-0.4, -0.2) is 21.1 Å². The third-order valence-electron chi connectivity index (χ3n) is 4.13. The molecule has 5 nitrogen and oxygen atoms in total. The third-order valence-corrected chi connectivity index (χ3v) is 4.13. The molecule has 1 aliphatic carbocycles.